The van der Waals surface area contributed by atoms with Crippen molar-refractivity contribution in [1.29, 1.82) is 0 Å². The predicted molar refractivity (Wildman–Crippen MR) is 72.5 cm³/mol. The van der Waals surface area contributed by atoms with Crippen molar-refractivity contribution in [3.05, 3.63) is 35.9 Å². The predicted octanol–water partition coefficient (Wildman–Crippen LogP) is 2.22. The van der Waals surface area contributed by atoms with Crippen LogP contribution in [0.2, 0.25) is 0 Å². The Morgan fingerprint density at radius 1 is 1.39 bits per heavy atom. The van der Waals surface area contributed by atoms with Gasteiger partial charge in [-0.3, -0.25) is 0 Å². The largest absolute Gasteiger partial charge is 0.388 e. The number of rotatable bonds is 4. The zero-order valence-corrected chi connectivity index (χ0v) is 11.1. The summed E-state index contributed by atoms with van der Waals surface area (Å²) in [5, 5.41) is 10.1. The maximum Gasteiger partial charge on any atom is 0.0802 e. The summed E-state index contributed by atoms with van der Waals surface area (Å²) >= 11 is 0. The average Bonchev–Trinajstić information content (AvgIpc) is 2.61. The van der Waals surface area contributed by atoms with Gasteiger partial charge in [0.15, 0.2) is 0 Å². The number of benzene rings is 1. The van der Waals surface area contributed by atoms with E-state index in [1.54, 1.807) is 0 Å². The second kappa shape index (κ2) is 6.88. The lowest BCUT2D eigenvalue weighted by atomic mass is 10.1. The number of ether oxygens (including phenoxy) is 1. The van der Waals surface area contributed by atoms with E-state index >= 15 is 0 Å². The van der Waals surface area contributed by atoms with E-state index in [1.165, 1.54) is 0 Å². The SMILES string of the molecule is CC1CN(CC[C@@H](O)c2ccccc2)CCCO1. The number of aliphatic hydroxyl groups is 1. The lowest BCUT2D eigenvalue weighted by Gasteiger charge is -2.23. The van der Waals surface area contributed by atoms with E-state index in [0.29, 0.717) is 6.10 Å². The lowest BCUT2D eigenvalue weighted by Crippen LogP contribution is -2.31. The highest BCUT2D eigenvalue weighted by Crippen LogP contribution is 2.17. The van der Waals surface area contributed by atoms with Crippen LogP contribution in [0.1, 0.15) is 31.4 Å². The first-order valence-corrected chi connectivity index (χ1v) is 6.82. The van der Waals surface area contributed by atoms with Gasteiger partial charge in [-0.05, 0) is 25.3 Å². The van der Waals surface area contributed by atoms with Crippen LogP contribution < -0.4 is 0 Å². The molecule has 3 nitrogen and oxygen atoms in total. The molecule has 0 saturated carbocycles. The summed E-state index contributed by atoms with van der Waals surface area (Å²) in [6.07, 6.45) is 1.83. The molecule has 1 aromatic carbocycles. The van der Waals surface area contributed by atoms with Crippen molar-refractivity contribution in [1.82, 2.24) is 4.90 Å². The summed E-state index contributed by atoms with van der Waals surface area (Å²) in [6.45, 7) is 5.96. The third kappa shape index (κ3) is 4.09. The molecule has 2 rings (SSSR count). The topological polar surface area (TPSA) is 32.7 Å². The number of aliphatic hydroxyl groups excluding tert-OH is 1. The van der Waals surface area contributed by atoms with Crippen LogP contribution in [0.15, 0.2) is 30.3 Å². The van der Waals surface area contributed by atoms with E-state index in [2.05, 4.69) is 11.8 Å². The van der Waals surface area contributed by atoms with Crippen LogP contribution in [0.4, 0.5) is 0 Å². The fraction of sp³-hybridized carbons (Fsp3) is 0.600. The summed E-state index contributed by atoms with van der Waals surface area (Å²) in [7, 11) is 0. The van der Waals surface area contributed by atoms with Crippen molar-refractivity contribution >= 4 is 0 Å². The molecule has 0 bridgehead atoms. The van der Waals surface area contributed by atoms with E-state index in [9.17, 15) is 5.11 Å². The first-order chi connectivity index (χ1) is 8.75. The molecule has 1 aromatic rings. The molecule has 1 saturated heterocycles. The molecule has 1 aliphatic rings. The zero-order chi connectivity index (χ0) is 12.8. The minimum Gasteiger partial charge on any atom is -0.388 e. The number of nitrogens with zero attached hydrogens (tertiary/aromatic N) is 1. The minimum atomic E-state index is -0.356. The van der Waals surface area contributed by atoms with Gasteiger partial charge in [-0.1, -0.05) is 30.3 Å². The normalized spacial score (nSPS) is 23.6. The summed E-state index contributed by atoms with van der Waals surface area (Å²) in [6, 6.07) is 9.89. The molecule has 0 aromatic heterocycles. The third-order valence-corrected chi connectivity index (χ3v) is 3.44. The molecule has 18 heavy (non-hydrogen) atoms. The van der Waals surface area contributed by atoms with Crippen molar-refractivity contribution in [2.45, 2.75) is 32.0 Å². The van der Waals surface area contributed by atoms with E-state index in [1.807, 2.05) is 30.3 Å². The molecule has 0 radical (unpaired) electrons. The van der Waals surface area contributed by atoms with Gasteiger partial charge in [0.2, 0.25) is 0 Å². The Kier molecular flexibility index (Phi) is 5.17. The average molecular weight is 249 g/mol. The van der Waals surface area contributed by atoms with Crippen LogP contribution >= 0.6 is 0 Å². The summed E-state index contributed by atoms with van der Waals surface area (Å²) in [5.41, 5.74) is 1.01. The van der Waals surface area contributed by atoms with E-state index in [-0.39, 0.29) is 6.10 Å². The van der Waals surface area contributed by atoms with Gasteiger partial charge < -0.3 is 14.7 Å². The Morgan fingerprint density at radius 3 is 2.94 bits per heavy atom. The molecule has 0 aliphatic carbocycles. The fourth-order valence-corrected chi connectivity index (χ4v) is 2.43. The molecule has 0 amide bonds. The highest BCUT2D eigenvalue weighted by molar-refractivity contribution is 5.17. The van der Waals surface area contributed by atoms with Crippen LogP contribution in [0, 0.1) is 0 Å². The van der Waals surface area contributed by atoms with Crippen LogP contribution in [0.25, 0.3) is 0 Å². The number of hydrogen-bond acceptors (Lipinski definition) is 3. The van der Waals surface area contributed by atoms with Gasteiger partial charge in [0.25, 0.3) is 0 Å². The van der Waals surface area contributed by atoms with Crippen molar-refractivity contribution in [2.24, 2.45) is 0 Å². The summed E-state index contributed by atoms with van der Waals surface area (Å²) in [5.74, 6) is 0. The van der Waals surface area contributed by atoms with Crippen molar-refractivity contribution < 1.29 is 9.84 Å². The Bertz CT molecular complexity index is 342. The van der Waals surface area contributed by atoms with Crippen LogP contribution in [0.3, 0.4) is 0 Å². The van der Waals surface area contributed by atoms with Gasteiger partial charge in [0.1, 0.15) is 0 Å². The first-order valence-electron chi connectivity index (χ1n) is 6.82. The van der Waals surface area contributed by atoms with Gasteiger partial charge >= 0.3 is 0 Å². The molecule has 1 N–H and O–H groups in total. The Balaban J connectivity index is 1.80. The first kappa shape index (κ1) is 13.5. The van der Waals surface area contributed by atoms with Crippen LogP contribution in [-0.2, 0) is 4.74 Å². The maximum atomic E-state index is 10.1. The molecular weight excluding hydrogens is 226 g/mol. The molecule has 1 fully saturated rings. The summed E-state index contributed by atoms with van der Waals surface area (Å²) in [4.78, 5) is 2.39. The van der Waals surface area contributed by atoms with Gasteiger partial charge in [-0.25, -0.2) is 0 Å². The maximum absolute atomic E-state index is 10.1. The van der Waals surface area contributed by atoms with Gasteiger partial charge in [-0.2, -0.15) is 0 Å². The van der Waals surface area contributed by atoms with E-state index in [4.69, 9.17) is 4.74 Å². The van der Waals surface area contributed by atoms with Crippen LogP contribution in [0.5, 0.6) is 0 Å². The van der Waals surface area contributed by atoms with Crippen molar-refractivity contribution in [3.8, 4) is 0 Å². The molecule has 1 unspecified atom stereocenters. The second-order valence-electron chi connectivity index (χ2n) is 5.05. The van der Waals surface area contributed by atoms with Gasteiger partial charge in [0, 0.05) is 26.2 Å². The third-order valence-electron chi connectivity index (χ3n) is 3.44. The Morgan fingerprint density at radius 2 is 2.17 bits per heavy atom. The molecular formula is C15H23NO2. The smallest absolute Gasteiger partial charge is 0.0802 e. The van der Waals surface area contributed by atoms with E-state index in [0.717, 1.165) is 44.6 Å². The summed E-state index contributed by atoms with van der Waals surface area (Å²) < 4.78 is 5.62. The Hall–Kier alpha value is -0.900. The quantitative estimate of drug-likeness (QED) is 0.888. The molecule has 0 spiro atoms. The molecule has 1 heterocycles. The molecule has 3 heteroatoms. The number of hydrogen-bond donors (Lipinski definition) is 1. The lowest BCUT2D eigenvalue weighted by molar-refractivity contribution is 0.0644. The highest BCUT2D eigenvalue weighted by atomic mass is 16.5. The standard InChI is InChI=1S/C15H23NO2/c1-13-12-16(9-5-11-18-13)10-8-15(17)14-6-3-2-4-7-14/h2-4,6-7,13,15,17H,5,8-12H2,1H3/t13?,15-/m1/s1. The highest BCUT2D eigenvalue weighted by Gasteiger charge is 2.16. The van der Waals surface area contributed by atoms with Gasteiger partial charge in [0.05, 0.1) is 12.2 Å². The van der Waals surface area contributed by atoms with Crippen molar-refractivity contribution in [3.63, 3.8) is 0 Å². The fourth-order valence-electron chi connectivity index (χ4n) is 2.43. The monoisotopic (exact) mass is 249 g/mol. The van der Waals surface area contributed by atoms with Gasteiger partial charge in [-0.15, -0.1) is 0 Å². The van der Waals surface area contributed by atoms with E-state index < -0.39 is 0 Å². The Labute approximate surface area is 109 Å². The van der Waals surface area contributed by atoms with Crippen molar-refractivity contribution in [2.75, 3.05) is 26.2 Å². The molecule has 1 aliphatic heterocycles. The van der Waals surface area contributed by atoms with Crippen LogP contribution in [-0.4, -0.2) is 42.4 Å². The molecule has 2 atom stereocenters. The second-order valence-corrected chi connectivity index (χ2v) is 5.05. The zero-order valence-electron chi connectivity index (χ0n) is 11.1. The molecule has 100 valence electrons. The minimum absolute atomic E-state index is 0.307.